The number of ether oxygens (including phenoxy) is 2. The van der Waals surface area contributed by atoms with Gasteiger partial charge in [0.25, 0.3) is 0 Å². The SMILES string of the molecule is COCCNC(=O)CN1C(=O)[C@@H](C)CSc2ccc(S(=O)(=O)N3CCOCC3)cc21. The smallest absolute Gasteiger partial charge is 0.243 e. The second kappa shape index (κ2) is 10.1. The highest BCUT2D eigenvalue weighted by Crippen LogP contribution is 2.38. The molecule has 0 bridgehead atoms. The van der Waals surface area contributed by atoms with Crippen LogP contribution in [0, 0.1) is 5.92 Å². The molecule has 2 amide bonds. The molecule has 0 aromatic heterocycles. The minimum absolute atomic E-state index is 0.107. The van der Waals surface area contributed by atoms with Crippen LogP contribution < -0.4 is 10.2 Å². The average molecular weight is 458 g/mol. The van der Waals surface area contributed by atoms with E-state index < -0.39 is 10.0 Å². The van der Waals surface area contributed by atoms with E-state index in [9.17, 15) is 18.0 Å². The molecule has 1 saturated heterocycles. The number of thioether (sulfide) groups is 1. The Kier molecular flexibility index (Phi) is 7.75. The van der Waals surface area contributed by atoms with Crippen molar-refractivity contribution in [3.8, 4) is 0 Å². The maximum absolute atomic E-state index is 13.1. The van der Waals surface area contributed by atoms with Crippen molar-refractivity contribution in [3.05, 3.63) is 18.2 Å². The molecule has 1 aromatic rings. The number of anilines is 1. The van der Waals surface area contributed by atoms with Gasteiger partial charge < -0.3 is 19.7 Å². The van der Waals surface area contributed by atoms with Gasteiger partial charge >= 0.3 is 0 Å². The van der Waals surface area contributed by atoms with Gasteiger partial charge in [-0.2, -0.15) is 4.31 Å². The molecule has 0 spiro atoms. The van der Waals surface area contributed by atoms with Crippen molar-refractivity contribution in [1.29, 1.82) is 0 Å². The van der Waals surface area contributed by atoms with Gasteiger partial charge in [-0.15, -0.1) is 11.8 Å². The second-order valence-electron chi connectivity index (χ2n) is 7.13. The minimum atomic E-state index is -3.72. The number of carbonyl (C=O) groups is 2. The highest BCUT2D eigenvalue weighted by atomic mass is 32.2. The Morgan fingerprint density at radius 2 is 2.07 bits per heavy atom. The van der Waals surface area contributed by atoms with Crippen LogP contribution in [0.4, 0.5) is 5.69 Å². The highest BCUT2D eigenvalue weighted by molar-refractivity contribution is 7.99. The number of nitrogens with one attached hydrogen (secondary N) is 1. The number of hydrogen-bond donors (Lipinski definition) is 1. The topological polar surface area (TPSA) is 105 Å². The van der Waals surface area contributed by atoms with Gasteiger partial charge in [0.15, 0.2) is 0 Å². The van der Waals surface area contributed by atoms with Crippen molar-refractivity contribution in [1.82, 2.24) is 9.62 Å². The summed E-state index contributed by atoms with van der Waals surface area (Å²) < 4.78 is 37.7. The van der Waals surface area contributed by atoms with E-state index in [1.54, 1.807) is 12.1 Å². The molecule has 11 heteroatoms. The van der Waals surface area contributed by atoms with Crippen molar-refractivity contribution < 1.29 is 27.5 Å². The zero-order chi connectivity index (χ0) is 21.7. The number of fused-ring (bicyclic) bond motifs is 1. The maximum Gasteiger partial charge on any atom is 0.243 e. The van der Waals surface area contributed by atoms with Crippen LogP contribution in [0.15, 0.2) is 28.0 Å². The Morgan fingerprint density at radius 3 is 2.77 bits per heavy atom. The van der Waals surface area contributed by atoms with Gasteiger partial charge in [-0.05, 0) is 18.2 Å². The van der Waals surface area contributed by atoms with Crippen molar-refractivity contribution in [3.63, 3.8) is 0 Å². The summed E-state index contributed by atoms with van der Waals surface area (Å²) in [6, 6.07) is 4.79. The van der Waals surface area contributed by atoms with E-state index in [4.69, 9.17) is 9.47 Å². The molecule has 3 rings (SSSR count). The Morgan fingerprint density at radius 1 is 1.33 bits per heavy atom. The molecule has 1 fully saturated rings. The zero-order valence-electron chi connectivity index (χ0n) is 17.1. The van der Waals surface area contributed by atoms with E-state index in [0.29, 0.717) is 37.8 Å². The molecule has 9 nitrogen and oxygen atoms in total. The lowest BCUT2D eigenvalue weighted by molar-refractivity contribution is -0.125. The van der Waals surface area contributed by atoms with Gasteiger partial charge in [0.1, 0.15) is 6.54 Å². The third kappa shape index (κ3) is 5.14. The molecule has 0 unspecified atom stereocenters. The third-order valence-corrected chi connectivity index (χ3v) is 8.15. The monoisotopic (exact) mass is 457 g/mol. The number of benzene rings is 1. The molecule has 1 atom stereocenters. The number of carbonyl (C=O) groups excluding carboxylic acids is 2. The molecule has 30 heavy (non-hydrogen) atoms. The van der Waals surface area contributed by atoms with E-state index >= 15 is 0 Å². The molecular formula is C19H27N3O6S2. The molecular weight excluding hydrogens is 430 g/mol. The van der Waals surface area contributed by atoms with Crippen LogP contribution in [0.1, 0.15) is 6.92 Å². The van der Waals surface area contributed by atoms with E-state index in [1.807, 2.05) is 6.92 Å². The maximum atomic E-state index is 13.1. The molecule has 2 heterocycles. The Balaban J connectivity index is 1.92. The summed E-state index contributed by atoms with van der Waals surface area (Å²) >= 11 is 1.49. The summed E-state index contributed by atoms with van der Waals surface area (Å²) in [5, 5.41) is 2.71. The number of nitrogens with zero attached hydrogens (tertiary/aromatic N) is 2. The van der Waals surface area contributed by atoms with Gasteiger partial charge in [-0.25, -0.2) is 8.42 Å². The summed E-state index contributed by atoms with van der Waals surface area (Å²) in [6.45, 7) is 3.60. The molecule has 0 aliphatic carbocycles. The van der Waals surface area contributed by atoms with Crippen molar-refractivity contribution in [2.45, 2.75) is 16.7 Å². The van der Waals surface area contributed by atoms with E-state index in [2.05, 4.69) is 5.32 Å². The Hall–Kier alpha value is -1.66. The number of rotatable bonds is 7. The third-order valence-electron chi connectivity index (χ3n) is 4.94. The predicted molar refractivity (Wildman–Crippen MR) is 113 cm³/mol. The lowest BCUT2D eigenvalue weighted by Crippen LogP contribution is -2.44. The van der Waals surface area contributed by atoms with Crippen LogP contribution in [0.3, 0.4) is 0 Å². The van der Waals surface area contributed by atoms with Crippen LogP contribution in [0.25, 0.3) is 0 Å². The van der Waals surface area contributed by atoms with Crippen LogP contribution in [0.5, 0.6) is 0 Å². The first-order valence-electron chi connectivity index (χ1n) is 9.76. The summed E-state index contributed by atoms with van der Waals surface area (Å²) in [5.41, 5.74) is 0.450. The fourth-order valence-corrected chi connectivity index (χ4v) is 5.73. The quantitative estimate of drug-likeness (QED) is 0.596. The number of sulfonamides is 1. The molecule has 0 radical (unpaired) electrons. The fraction of sp³-hybridized carbons (Fsp3) is 0.579. The summed E-state index contributed by atoms with van der Waals surface area (Å²) in [7, 11) is -2.18. The largest absolute Gasteiger partial charge is 0.383 e. The lowest BCUT2D eigenvalue weighted by Gasteiger charge is -2.27. The molecule has 1 N–H and O–H groups in total. The normalized spacial score (nSPS) is 20.5. The first-order valence-corrected chi connectivity index (χ1v) is 12.2. The average Bonchev–Trinajstić information content (AvgIpc) is 2.86. The lowest BCUT2D eigenvalue weighted by atomic mass is 10.1. The van der Waals surface area contributed by atoms with E-state index in [1.165, 1.54) is 34.1 Å². The van der Waals surface area contributed by atoms with Gasteiger partial charge in [0.2, 0.25) is 21.8 Å². The minimum Gasteiger partial charge on any atom is -0.383 e. The Labute approximate surface area is 181 Å². The number of hydrogen-bond acceptors (Lipinski definition) is 7. The second-order valence-corrected chi connectivity index (χ2v) is 10.1. The van der Waals surface area contributed by atoms with Gasteiger partial charge in [-0.1, -0.05) is 6.92 Å². The molecule has 0 saturated carbocycles. The van der Waals surface area contributed by atoms with Crippen molar-refractivity contribution in [2.75, 3.05) is 63.8 Å². The fourth-order valence-electron chi connectivity index (χ4n) is 3.25. The summed E-state index contributed by atoms with van der Waals surface area (Å²) in [5.74, 6) is -0.271. The summed E-state index contributed by atoms with van der Waals surface area (Å²) in [4.78, 5) is 27.6. The van der Waals surface area contributed by atoms with Gasteiger partial charge in [0.05, 0.1) is 30.4 Å². The number of morpholine rings is 1. The van der Waals surface area contributed by atoms with Crippen molar-refractivity contribution in [2.24, 2.45) is 5.92 Å². The van der Waals surface area contributed by atoms with Gasteiger partial charge in [0, 0.05) is 43.3 Å². The van der Waals surface area contributed by atoms with Gasteiger partial charge in [-0.3, -0.25) is 9.59 Å². The van der Waals surface area contributed by atoms with E-state index in [-0.39, 0.29) is 42.3 Å². The first kappa shape index (κ1) is 23.0. The number of amides is 2. The standard InChI is InChI=1S/C19H27N3O6S2/c1-14-13-29-17-4-3-15(30(25,26)21-6-9-28-10-7-21)11-16(17)22(19(14)24)12-18(23)20-5-8-27-2/h3-4,11,14H,5-10,12-13H2,1-2H3,(H,20,23)/t14-/m0/s1. The molecule has 1 aromatic carbocycles. The molecule has 2 aliphatic rings. The Bertz CT molecular complexity index is 886. The van der Waals surface area contributed by atoms with Crippen LogP contribution in [-0.4, -0.2) is 83.4 Å². The first-order chi connectivity index (χ1) is 14.3. The zero-order valence-corrected chi connectivity index (χ0v) is 18.8. The van der Waals surface area contributed by atoms with Crippen LogP contribution >= 0.6 is 11.8 Å². The number of methoxy groups -OCH3 is 1. The molecule has 166 valence electrons. The predicted octanol–water partition coefficient (Wildman–Crippen LogP) is 0.545. The highest BCUT2D eigenvalue weighted by Gasteiger charge is 2.32. The van der Waals surface area contributed by atoms with Crippen LogP contribution in [-0.2, 0) is 29.1 Å². The van der Waals surface area contributed by atoms with Crippen molar-refractivity contribution >= 4 is 39.3 Å². The van der Waals surface area contributed by atoms with E-state index in [0.717, 1.165) is 4.90 Å². The summed E-state index contributed by atoms with van der Waals surface area (Å²) in [6.07, 6.45) is 0. The molecule has 2 aliphatic heterocycles. The van der Waals surface area contributed by atoms with Crippen LogP contribution in [0.2, 0.25) is 0 Å².